The summed E-state index contributed by atoms with van der Waals surface area (Å²) in [5.41, 5.74) is 6.25. The van der Waals surface area contributed by atoms with Crippen molar-refractivity contribution in [3.8, 4) is 33.8 Å². The van der Waals surface area contributed by atoms with Gasteiger partial charge >= 0.3 is 0 Å². The van der Waals surface area contributed by atoms with Crippen LogP contribution in [0.2, 0.25) is 0 Å². The predicted octanol–water partition coefficient (Wildman–Crippen LogP) is 9.70. The molecule has 1 aromatic heterocycles. The number of benzene rings is 6. The van der Waals surface area contributed by atoms with Crippen LogP contribution in [-0.2, 0) is 0 Å². The highest BCUT2D eigenvalue weighted by atomic mass is 79.9. The van der Waals surface area contributed by atoms with Gasteiger partial charge in [-0.1, -0.05) is 113 Å². The zero-order valence-electron chi connectivity index (χ0n) is 19.9. The van der Waals surface area contributed by atoms with E-state index in [9.17, 15) is 0 Å². The zero-order valence-corrected chi connectivity index (χ0v) is 21.5. The highest BCUT2D eigenvalue weighted by molar-refractivity contribution is 9.10. The van der Waals surface area contributed by atoms with E-state index in [4.69, 9.17) is 9.97 Å². The Balaban J connectivity index is 1.50. The number of nitrogens with zero attached hydrogens (tertiary/aromatic N) is 2. The van der Waals surface area contributed by atoms with Crippen molar-refractivity contribution >= 4 is 48.4 Å². The van der Waals surface area contributed by atoms with E-state index >= 15 is 0 Å². The molecule has 0 spiro atoms. The lowest BCUT2D eigenvalue weighted by atomic mass is 9.99. The van der Waals surface area contributed by atoms with E-state index in [0.717, 1.165) is 43.1 Å². The summed E-state index contributed by atoms with van der Waals surface area (Å²) in [6.07, 6.45) is 0. The molecule has 0 bridgehead atoms. The lowest BCUT2D eigenvalue weighted by Crippen LogP contribution is -1.96. The Labute approximate surface area is 223 Å². The molecule has 0 aliphatic rings. The van der Waals surface area contributed by atoms with Crippen molar-refractivity contribution < 1.29 is 0 Å². The van der Waals surface area contributed by atoms with E-state index in [1.807, 2.05) is 6.07 Å². The van der Waals surface area contributed by atoms with Crippen molar-refractivity contribution in [3.05, 3.63) is 132 Å². The van der Waals surface area contributed by atoms with Crippen molar-refractivity contribution in [3.63, 3.8) is 0 Å². The molecule has 174 valence electrons. The van der Waals surface area contributed by atoms with Crippen LogP contribution in [-0.4, -0.2) is 9.97 Å². The maximum atomic E-state index is 5.17. The Morgan fingerprint density at radius 1 is 0.432 bits per heavy atom. The summed E-state index contributed by atoms with van der Waals surface area (Å²) >= 11 is 3.77. The Morgan fingerprint density at radius 2 is 1.14 bits per heavy atom. The largest absolute Gasteiger partial charge is 0.228 e. The molecule has 37 heavy (non-hydrogen) atoms. The second kappa shape index (κ2) is 8.95. The molecule has 0 saturated heterocycles. The fourth-order valence-corrected chi connectivity index (χ4v) is 5.63. The van der Waals surface area contributed by atoms with Gasteiger partial charge in [-0.2, -0.15) is 0 Å². The molecule has 0 saturated carbocycles. The minimum atomic E-state index is 0.715. The van der Waals surface area contributed by atoms with E-state index < -0.39 is 0 Å². The first-order valence-corrected chi connectivity index (χ1v) is 13.1. The second-order valence-electron chi connectivity index (χ2n) is 9.23. The van der Waals surface area contributed by atoms with E-state index in [0.29, 0.717) is 5.82 Å². The van der Waals surface area contributed by atoms with Gasteiger partial charge in [0.15, 0.2) is 5.82 Å². The second-order valence-corrected chi connectivity index (χ2v) is 10.1. The molecule has 7 aromatic rings. The summed E-state index contributed by atoms with van der Waals surface area (Å²) in [7, 11) is 0. The van der Waals surface area contributed by atoms with Crippen molar-refractivity contribution in [1.29, 1.82) is 0 Å². The van der Waals surface area contributed by atoms with Gasteiger partial charge in [-0.05, 0) is 63.0 Å². The molecular formula is C34H21BrN2. The number of halogens is 1. The van der Waals surface area contributed by atoms with Crippen LogP contribution in [0.15, 0.2) is 132 Å². The minimum Gasteiger partial charge on any atom is -0.228 e. The minimum absolute atomic E-state index is 0.715. The molecule has 0 aliphatic carbocycles. The van der Waals surface area contributed by atoms with Crippen LogP contribution in [0, 0.1) is 0 Å². The quantitative estimate of drug-likeness (QED) is 0.224. The van der Waals surface area contributed by atoms with Gasteiger partial charge in [0.2, 0.25) is 0 Å². The SMILES string of the molecule is Brc1cc(-c2nc(-c3ccc4ccccc4c3)c3ccc(-c4ccccc4)cc3n2)cc2ccccc12. The molecule has 6 aromatic carbocycles. The molecule has 0 amide bonds. The lowest BCUT2D eigenvalue weighted by molar-refractivity contribution is 1.23. The molecule has 3 heteroatoms. The Kier molecular flexibility index (Phi) is 5.30. The predicted molar refractivity (Wildman–Crippen MR) is 159 cm³/mol. The first kappa shape index (κ1) is 21.9. The van der Waals surface area contributed by atoms with Crippen molar-refractivity contribution in [2.45, 2.75) is 0 Å². The highest BCUT2D eigenvalue weighted by Gasteiger charge is 2.14. The first-order chi connectivity index (χ1) is 18.2. The third-order valence-corrected chi connectivity index (χ3v) is 7.55. The lowest BCUT2D eigenvalue weighted by Gasteiger charge is -2.13. The number of rotatable bonds is 3. The van der Waals surface area contributed by atoms with Crippen molar-refractivity contribution in [2.75, 3.05) is 0 Å². The van der Waals surface area contributed by atoms with Crippen LogP contribution in [0.25, 0.3) is 66.2 Å². The van der Waals surface area contributed by atoms with Crippen LogP contribution in [0.1, 0.15) is 0 Å². The standard InChI is InChI=1S/C34H21BrN2/c35-31-20-28(19-26-12-6-7-13-29(26)31)34-36-32-21-25(22-8-2-1-3-9-22)16-17-30(32)33(37-34)27-15-14-23-10-4-5-11-24(23)18-27/h1-21H. The monoisotopic (exact) mass is 536 g/mol. The summed E-state index contributed by atoms with van der Waals surface area (Å²) in [6.45, 7) is 0. The summed E-state index contributed by atoms with van der Waals surface area (Å²) in [6, 6.07) is 44.6. The van der Waals surface area contributed by atoms with E-state index in [1.165, 1.54) is 21.7 Å². The molecule has 0 aliphatic heterocycles. The highest BCUT2D eigenvalue weighted by Crippen LogP contribution is 2.35. The number of hydrogen-bond acceptors (Lipinski definition) is 2. The van der Waals surface area contributed by atoms with Crippen molar-refractivity contribution in [1.82, 2.24) is 9.97 Å². The number of aromatic nitrogens is 2. The molecule has 2 nitrogen and oxygen atoms in total. The van der Waals surface area contributed by atoms with Crippen LogP contribution in [0.5, 0.6) is 0 Å². The fourth-order valence-electron chi connectivity index (χ4n) is 5.02. The maximum Gasteiger partial charge on any atom is 0.160 e. The van der Waals surface area contributed by atoms with Gasteiger partial charge in [-0.15, -0.1) is 0 Å². The van der Waals surface area contributed by atoms with Gasteiger partial charge in [0.1, 0.15) is 0 Å². The third kappa shape index (κ3) is 3.98. The van der Waals surface area contributed by atoms with Gasteiger partial charge in [0.05, 0.1) is 11.2 Å². The molecule has 0 atom stereocenters. The molecule has 0 fully saturated rings. The first-order valence-electron chi connectivity index (χ1n) is 12.3. The van der Waals surface area contributed by atoms with Crippen LogP contribution in [0.3, 0.4) is 0 Å². The maximum absolute atomic E-state index is 5.17. The number of hydrogen-bond donors (Lipinski definition) is 0. The van der Waals surface area contributed by atoms with E-state index in [2.05, 4.69) is 137 Å². The van der Waals surface area contributed by atoms with E-state index in [-0.39, 0.29) is 0 Å². The summed E-state index contributed by atoms with van der Waals surface area (Å²) in [5, 5.41) is 5.78. The third-order valence-electron chi connectivity index (χ3n) is 6.90. The van der Waals surface area contributed by atoms with Gasteiger partial charge in [-0.3, -0.25) is 0 Å². The van der Waals surface area contributed by atoms with Gasteiger partial charge in [-0.25, -0.2) is 9.97 Å². The van der Waals surface area contributed by atoms with Crippen LogP contribution < -0.4 is 0 Å². The molecule has 0 N–H and O–H groups in total. The summed E-state index contributed by atoms with van der Waals surface area (Å²) in [5.74, 6) is 0.715. The Hall–Kier alpha value is -4.34. The van der Waals surface area contributed by atoms with Gasteiger partial charge in [0, 0.05) is 21.0 Å². The van der Waals surface area contributed by atoms with Gasteiger partial charge in [0.25, 0.3) is 0 Å². The van der Waals surface area contributed by atoms with E-state index in [1.54, 1.807) is 0 Å². The summed E-state index contributed by atoms with van der Waals surface area (Å²) in [4.78, 5) is 10.3. The normalized spacial score (nSPS) is 11.4. The van der Waals surface area contributed by atoms with Crippen LogP contribution >= 0.6 is 15.9 Å². The molecule has 1 heterocycles. The Morgan fingerprint density at radius 3 is 2.00 bits per heavy atom. The topological polar surface area (TPSA) is 25.8 Å². The average molecular weight is 537 g/mol. The zero-order chi connectivity index (χ0) is 24.8. The van der Waals surface area contributed by atoms with Crippen LogP contribution in [0.4, 0.5) is 0 Å². The molecule has 0 radical (unpaired) electrons. The molecular weight excluding hydrogens is 516 g/mol. The fraction of sp³-hybridized carbons (Fsp3) is 0. The van der Waals surface area contributed by atoms with Gasteiger partial charge < -0.3 is 0 Å². The molecule has 0 unspecified atom stereocenters. The molecule has 7 rings (SSSR count). The number of fused-ring (bicyclic) bond motifs is 3. The smallest absolute Gasteiger partial charge is 0.160 e. The Bertz CT molecular complexity index is 1940. The average Bonchev–Trinajstić information content (AvgIpc) is 2.96. The summed E-state index contributed by atoms with van der Waals surface area (Å²) < 4.78 is 1.04. The van der Waals surface area contributed by atoms with Crippen molar-refractivity contribution in [2.24, 2.45) is 0 Å².